The van der Waals surface area contributed by atoms with E-state index in [0.717, 1.165) is 37.5 Å². The Bertz CT molecular complexity index is 1280. The summed E-state index contributed by atoms with van der Waals surface area (Å²) in [5.41, 5.74) is 2.59. The number of nitrogens with one attached hydrogen (secondary N) is 1. The summed E-state index contributed by atoms with van der Waals surface area (Å²) in [5, 5.41) is 2.39. The van der Waals surface area contributed by atoms with Crippen LogP contribution in [-0.2, 0) is 0 Å². The Morgan fingerprint density at radius 1 is 0.969 bits per heavy atom. The lowest BCUT2D eigenvalue weighted by Crippen LogP contribution is -2.47. The molecule has 0 saturated carbocycles. The normalized spacial score (nSPS) is 14.0. The van der Waals surface area contributed by atoms with E-state index in [1.165, 1.54) is 22.5 Å². The largest absolute Gasteiger partial charge is 0.494 e. The Kier molecular flexibility index (Phi) is 5.46. The summed E-state index contributed by atoms with van der Waals surface area (Å²) in [6.45, 7) is 5.85. The van der Waals surface area contributed by atoms with Gasteiger partial charge in [0.2, 0.25) is 5.95 Å². The second kappa shape index (κ2) is 8.70. The van der Waals surface area contributed by atoms with Crippen LogP contribution in [0.1, 0.15) is 6.92 Å². The number of benzene rings is 2. The highest BCUT2D eigenvalue weighted by molar-refractivity contribution is 5.95. The number of H-pyrrole nitrogens is 1. The molecule has 0 unspecified atom stereocenters. The third-order valence-corrected chi connectivity index (χ3v) is 5.77. The molecular formula is C25H25N5O2. The van der Waals surface area contributed by atoms with Crippen LogP contribution in [0.4, 0.5) is 11.6 Å². The van der Waals surface area contributed by atoms with E-state index in [0.29, 0.717) is 18.2 Å². The van der Waals surface area contributed by atoms with Crippen molar-refractivity contribution in [3.63, 3.8) is 0 Å². The monoisotopic (exact) mass is 427 g/mol. The van der Waals surface area contributed by atoms with E-state index >= 15 is 0 Å². The minimum atomic E-state index is -0.151. The van der Waals surface area contributed by atoms with E-state index in [-0.39, 0.29) is 5.56 Å². The van der Waals surface area contributed by atoms with Gasteiger partial charge in [0.05, 0.1) is 12.3 Å². The summed E-state index contributed by atoms with van der Waals surface area (Å²) in [4.78, 5) is 28.5. The van der Waals surface area contributed by atoms with Gasteiger partial charge in [0.25, 0.3) is 5.56 Å². The molecule has 1 fully saturated rings. The number of fused-ring (bicyclic) bond motifs is 1. The number of piperazine rings is 1. The second-order valence-electron chi connectivity index (χ2n) is 7.76. The quantitative estimate of drug-likeness (QED) is 0.523. The maximum atomic E-state index is 12.3. The lowest BCUT2D eigenvalue weighted by molar-refractivity contribution is 0.341. The number of aromatic nitrogens is 3. The van der Waals surface area contributed by atoms with Crippen molar-refractivity contribution in [3.8, 4) is 17.0 Å². The molecule has 1 saturated heterocycles. The van der Waals surface area contributed by atoms with Gasteiger partial charge in [0, 0.05) is 61.3 Å². The SMILES string of the molecule is CCOc1ccc2cccc(N3CCN(c4nc(-c5ccncc5)cc(=O)[nH]4)CC3)c2c1. The van der Waals surface area contributed by atoms with E-state index in [1.54, 1.807) is 12.4 Å². The first-order valence-corrected chi connectivity index (χ1v) is 10.9. The molecule has 1 N–H and O–H groups in total. The van der Waals surface area contributed by atoms with Crippen molar-refractivity contribution in [2.24, 2.45) is 0 Å². The fourth-order valence-corrected chi connectivity index (χ4v) is 4.19. The molecule has 1 aliphatic heterocycles. The number of ether oxygens (including phenoxy) is 1. The third kappa shape index (κ3) is 4.01. The average molecular weight is 428 g/mol. The molecule has 7 nitrogen and oxygen atoms in total. The molecule has 2 aromatic carbocycles. The Morgan fingerprint density at radius 3 is 2.53 bits per heavy atom. The molecule has 32 heavy (non-hydrogen) atoms. The lowest BCUT2D eigenvalue weighted by atomic mass is 10.1. The number of nitrogens with zero attached hydrogens (tertiary/aromatic N) is 4. The first-order chi connectivity index (χ1) is 15.7. The average Bonchev–Trinajstić information content (AvgIpc) is 2.84. The predicted octanol–water partition coefficient (Wildman–Crippen LogP) is 3.71. The van der Waals surface area contributed by atoms with Crippen LogP contribution in [0.2, 0.25) is 0 Å². The topological polar surface area (TPSA) is 74.3 Å². The molecule has 4 aromatic rings. The van der Waals surface area contributed by atoms with E-state index in [9.17, 15) is 4.79 Å². The number of pyridine rings is 1. The Labute approximate surface area is 186 Å². The van der Waals surface area contributed by atoms with Crippen LogP contribution in [0.3, 0.4) is 0 Å². The molecule has 0 radical (unpaired) electrons. The molecule has 0 atom stereocenters. The number of rotatable bonds is 5. The Morgan fingerprint density at radius 2 is 1.75 bits per heavy atom. The maximum Gasteiger partial charge on any atom is 0.252 e. The molecule has 162 valence electrons. The van der Waals surface area contributed by atoms with Gasteiger partial charge < -0.3 is 14.5 Å². The van der Waals surface area contributed by atoms with Gasteiger partial charge in [0.1, 0.15) is 5.75 Å². The van der Waals surface area contributed by atoms with Gasteiger partial charge in [0.15, 0.2) is 0 Å². The van der Waals surface area contributed by atoms with Crippen LogP contribution in [-0.4, -0.2) is 47.7 Å². The highest BCUT2D eigenvalue weighted by Gasteiger charge is 2.21. The van der Waals surface area contributed by atoms with Crippen molar-refractivity contribution < 1.29 is 4.74 Å². The Balaban J connectivity index is 1.38. The van der Waals surface area contributed by atoms with E-state index in [2.05, 4.69) is 50.1 Å². The standard InChI is InChI=1S/C25H25N5O2/c1-2-32-20-7-6-18-4-3-5-23(21(18)16-20)29-12-14-30(15-13-29)25-27-22(17-24(31)28-25)19-8-10-26-11-9-19/h3-11,16-17H,2,12-15H2,1H3,(H,27,28,31). The summed E-state index contributed by atoms with van der Waals surface area (Å²) in [5.74, 6) is 1.50. The molecular weight excluding hydrogens is 402 g/mol. The molecule has 0 amide bonds. The van der Waals surface area contributed by atoms with Crippen LogP contribution in [0.15, 0.2) is 71.8 Å². The minimum absolute atomic E-state index is 0.151. The van der Waals surface area contributed by atoms with Crippen LogP contribution in [0, 0.1) is 0 Å². The fourth-order valence-electron chi connectivity index (χ4n) is 4.19. The summed E-state index contributed by atoms with van der Waals surface area (Å²) in [6, 6.07) is 17.9. The molecule has 7 heteroatoms. The maximum absolute atomic E-state index is 12.3. The zero-order valence-electron chi connectivity index (χ0n) is 18.0. The van der Waals surface area contributed by atoms with E-state index < -0.39 is 0 Å². The van der Waals surface area contributed by atoms with Gasteiger partial charge in [-0.15, -0.1) is 0 Å². The lowest BCUT2D eigenvalue weighted by Gasteiger charge is -2.37. The molecule has 0 spiro atoms. The minimum Gasteiger partial charge on any atom is -0.494 e. The number of aromatic amines is 1. The van der Waals surface area contributed by atoms with Crippen molar-refractivity contribution in [2.75, 3.05) is 42.6 Å². The van der Waals surface area contributed by atoms with Gasteiger partial charge in [-0.1, -0.05) is 18.2 Å². The Hall–Kier alpha value is -3.87. The van der Waals surface area contributed by atoms with Crippen LogP contribution >= 0.6 is 0 Å². The van der Waals surface area contributed by atoms with Crippen LogP contribution in [0.5, 0.6) is 5.75 Å². The highest BCUT2D eigenvalue weighted by atomic mass is 16.5. The van der Waals surface area contributed by atoms with E-state index in [1.807, 2.05) is 25.1 Å². The molecule has 3 heterocycles. The van der Waals surface area contributed by atoms with Crippen LogP contribution in [0.25, 0.3) is 22.0 Å². The highest BCUT2D eigenvalue weighted by Crippen LogP contribution is 2.31. The van der Waals surface area contributed by atoms with Crippen molar-refractivity contribution in [2.45, 2.75) is 6.92 Å². The first-order valence-electron chi connectivity index (χ1n) is 10.9. The summed E-state index contributed by atoms with van der Waals surface area (Å²) >= 11 is 0. The van der Waals surface area contributed by atoms with Crippen molar-refractivity contribution in [1.82, 2.24) is 15.0 Å². The van der Waals surface area contributed by atoms with E-state index in [4.69, 9.17) is 9.72 Å². The molecule has 0 aliphatic carbocycles. The van der Waals surface area contributed by atoms with Gasteiger partial charge in [-0.05, 0) is 42.6 Å². The number of hydrogen-bond acceptors (Lipinski definition) is 6. The van der Waals surface area contributed by atoms with Gasteiger partial charge in [-0.25, -0.2) is 4.98 Å². The number of anilines is 2. The van der Waals surface area contributed by atoms with Gasteiger partial charge in [-0.2, -0.15) is 0 Å². The molecule has 0 bridgehead atoms. The molecule has 5 rings (SSSR count). The van der Waals surface area contributed by atoms with Crippen molar-refractivity contribution in [1.29, 1.82) is 0 Å². The predicted molar refractivity (Wildman–Crippen MR) is 128 cm³/mol. The third-order valence-electron chi connectivity index (χ3n) is 5.77. The summed E-state index contributed by atoms with van der Waals surface area (Å²) in [7, 11) is 0. The summed E-state index contributed by atoms with van der Waals surface area (Å²) in [6.07, 6.45) is 3.41. The van der Waals surface area contributed by atoms with Gasteiger partial charge >= 0.3 is 0 Å². The zero-order valence-corrected chi connectivity index (χ0v) is 18.0. The first kappa shape index (κ1) is 20.1. The molecule has 2 aromatic heterocycles. The number of hydrogen-bond donors (Lipinski definition) is 1. The van der Waals surface area contributed by atoms with Crippen molar-refractivity contribution in [3.05, 3.63) is 77.3 Å². The molecule has 1 aliphatic rings. The second-order valence-corrected chi connectivity index (χ2v) is 7.76. The van der Waals surface area contributed by atoms with Crippen LogP contribution < -0.4 is 20.1 Å². The fraction of sp³-hybridized carbons (Fsp3) is 0.240. The van der Waals surface area contributed by atoms with Crippen molar-refractivity contribution >= 4 is 22.4 Å². The smallest absolute Gasteiger partial charge is 0.252 e. The zero-order chi connectivity index (χ0) is 21.9. The van der Waals surface area contributed by atoms with Gasteiger partial charge in [-0.3, -0.25) is 14.8 Å². The summed E-state index contributed by atoms with van der Waals surface area (Å²) < 4.78 is 5.72.